The van der Waals surface area contributed by atoms with E-state index in [4.69, 9.17) is 4.74 Å². The van der Waals surface area contributed by atoms with Gasteiger partial charge in [0.25, 0.3) is 0 Å². The second kappa shape index (κ2) is 8.97. The number of methoxy groups -OCH3 is 1. The Labute approximate surface area is 171 Å². The molecule has 1 aliphatic rings. The summed E-state index contributed by atoms with van der Waals surface area (Å²) >= 11 is 0. The number of pyridine rings is 2. The fourth-order valence-electron chi connectivity index (χ4n) is 3.70. The van der Waals surface area contributed by atoms with Gasteiger partial charge in [-0.15, -0.1) is 0 Å². The molecule has 0 amide bonds. The Morgan fingerprint density at radius 2 is 1.59 bits per heavy atom. The first-order chi connectivity index (χ1) is 14.2. The lowest BCUT2D eigenvalue weighted by Crippen LogP contribution is -2.27. The number of ketones is 1. The Bertz CT molecular complexity index is 888. The summed E-state index contributed by atoms with van der Waals surface area (Å²) in [4.78, 5) is 24.1. The van der Waals surface area contributed by atoms with Gasteiger partial charge < -0.3 is 4.74 Å². The maximum Gasteiger partial charge on any atom is 0.166 e. The molecule has 0 unspecified atom stereocenters. The standard InChI is InChI=1S/C24H25N3O2/c1-29-22-10-8-18(9-11-22)24(28)23-14-19(23)15-27(16-20-6-2-4-12-25-20)17-21-7-3-5-13-26-21/h2-13,19,23H,14-17H2,1H3/t19-,23+/m1/s1. The smallest absolute Gasteiger partial charge is 0.166 e. The zero-order chi connectivity index (χ0) is 20.1. The van der Waals surface area contributed by atoms with Crippen LogP contribution in [0.2, 0.25) is 0 Å². The van der Waals surface area contributed by atoms with Crippen LogP contribution in [-0.2, 0) is 13.1 Å². The van der Waals surface area contributed by atoms with Crippen LogP contribution in [0.25, 0.3) is 0 Å². The first-order valence-corrected chi connectivity index (χ1v) is 9.93. The minimum absolute atomic E-state index is 0.0957. The van der Waals surface area contributed by atoms with E-state index < -0.39 is 0 Å². The van der Waals surface area contributed by atoms with Gasteiger partial charge in [-0.05, 0) is 60.9 Å². The molecule has 5 nitrogen and oxygen atoms in total. The van der Waals surface area contributed by atoms with E-state index in [0.29, 0.717) is 5.92 Å². The van der Waals surface area contributed by atoms with Crippen LogP contribution in [0.3, 0.4) is 0 Å². The number of rotatable bonds is 9. The molecule has 4 rings (SSSR count). The Morgan fingerprint density at radius 3 is 2.10 bits per heavy atom. The molecule has 5 heteroatoms. The Kier molecular flexibility index (Phi) is 5.96. The molecular formula is C24H25N3O2. The van der Waals surface area contributed by atoms with E-state index in [1.165, 1.54) is 0 Å². The number of nitrogens with zero attached hydrogens (tertiary/aromatic N) is 3. The first kappa shape index (κ1) is 19.3. The molecule has 1 saturated carbocycles. The van der Waals surface area contributed by atoms with Crippen LogP contribution in [0.4, 0.5) is 0 Å². The van der Waals surface area contributed by atoms with Gasteiger partial charge in [-0.25, -0.2) is 0 Å². The summed E-state index contributed by atoms with van der Waals surface area (Å²) in [5.41, 5.74) is 2.82. The molecule has 1 aliphatic carbocycles. The van der Waals surface area contributed by atoms with Gasteiger partial charge in [0.15, 0.2) is 5.78 Å². The van der Waals surface area contributed by atoms with Crippen molar-refractivity contribution in [2.24, 2.45) is 11.8 Å². The average molecular weight is 387 g/mol. The second-order valence-electron chi connectivity index (χ2n) is 7.51. The molecular weight excluding hydrogens is 362 g/mol. The largest absolute Gasteiger partial charge is 0.497 e. The summed E-state index contributed by atoms with van der Waals surface area (Å²) in [6, 6.07) is 19.4. The fourth-order valence-corrected chi connectivity index (χ4v) is 3.70. The molecule has 0 aliphatic heterocycles. The van der Waals surface area contributed by atoms with Crippen LogP contribution in [0.5, 0.6) is 5.75 Å². The van der Waals surface area contributed by atoms with Crippen LogP contribution in [0.1, 0.15) is 28.2 Å². The maximum atomic E-state index is 12.8. The van der Waals surface area contributed by atoms with Gasteiger partial charge in [0.1, 0.15) is 5.75 Å². The van der Waals surface area contributed by atoms with Crippen molar-refractivity contribution in [1.82, 2.24) is 14.9 Å². The third kappa shape index (κ3) is 5.06. The lowest BCUT2D eigenvalue weighted by atomic mass is 10.1. The van der Waals surface area contributed by atoms with Crippen molar-refractivity contribution in [2.45, 2.75) is 19.5 Å². The molecule has 148 valence electrons. The van der Waals surface area contributed by atoms with Crippen molar-refractivity contribution < 1.29 is 9.53 Å². The zero-order valence-corrected chi connectivity index (χ0v) is 16.6. The molecule has 0 saturated heterocycles. The lowest BCUT2D eigenvalue weighted by molar-refractivity contribution is 0.0955. The van der Waals surface area contributed by atoms with Gasteiger partial charge in [-0.1, -0.05) is 12.1 Å². The molecule has 1 aromatic carbocycles. The Hall–Kier alpha value is -3.05. The van der Waals surface area contributed by atoms with Crippen molar-refractivity contribution in [1.29, 1.82) is 0 Å². The number of ether oxygens (including phenoxy) is 1. The normalized spacial score (nSPS) is 17.9. The topological polar surface area (TPSA) is 55.3 Å². The zero-order valence-electron chi connectivity index (χ0n) is 16.6. The molecule has 0 bridgehead atoms. The quantitative estimate of drug-likeness (QED) is 0.519. The third-order valence-corrected chi connectivity index (χ3v) is 5.35. The number of hydrogen-bond donors (Lipinski definition) is 0. The van der Waals surface area contributed by atoms with Crippen LogP contribution in [0, 0.1) is 11.8 Å². The predicted molar refractivity (Wildman–Crippen MR) is 112 cm³/mol. The predicted octanol–water partition coefficient (Wildman–Crippen LogP) is 4.01. The first-order valence-electron chi connectivity index (χ1n) is 9.93. The van der Waals surface area contributed by atoms with E-state index in [0.717, 1.165) is 48.8 Å². The SMILES string of the molecule is COc1ccc(C(=O)[C@H]2C[C@@H]2CN(Cc2ccccn2)Cc2ccccn2)cc1. The van der Waals surface area contributed by atoms with Gasteiger partial charge in [-0.3, -0.25) is 19.7 Å². The van der Waals surface area contributed by atoms with Crippen LogP contribution in [0.15, 0.2) is 73.1 Å². The highest BCUT2D eigenvalue weighted by Crippen LogP contribution is 2.42. The molecule has 1 fully saturated rings. The summed E-state index contributed by atoms with van der Waals surface area (Å²) in [6.07, 6.45) is 4.58. The van der Waals surface area contributed by atoms with Crippen LogP contribution < -0.4 is 4.74 Å². The van der Waals surface area contributed by atoms with E-state index in [9.17, 15) is 4.79 Å². The van der Waals surface area contributed by atoms with Gasteiger partial charge in [-0.2, -0.15) is 0 Å². The van der Waals surface area contributed by atoms with E-state index in [1.807, 2.05) is 73.1 Å². The van der Waals surface area contributed by atoms with E-state index in [-0.39, 0.29) is 11.7 Å². The fraction of sp³-hybridized carbons (Fsp3) is 0.292. The van der Waals surface area contributed by atoms with Crippen molar-refractivity contribution >= 4 is 5.78 Å². The second-order valence-corrected chi connectivity index (χ2v) is 7.51. The molecule has 2 aromatic heterocycles. The summed E-state index contributed by atoms with van der Waals surface area (Å²) in [5, 5.41) is 0. The number of benzene rings is 1. The number of hydrogen-bond acceptors (Lipinski definition) is 5. The molecule has 2 atom stereocenters. The number of carbonyl (C=O) groups excluding carboxylic acids is 1. The van der Waals surface area contributed by atoms with Gasteiger partial charge in [0.2, 0.25) is 0 Å². The minimum atomic E-state index is 0.0957. The van der Waals surface area contributed by atoms with E-state index in [1.54, 1.807) is 7.11 Å². The van der Waals surface area contributed by atoms with Gasteiger partial charge in [0, 0.05) is 43.5 Å². The van der Waals surface area contributed by atoms with E-state index in [2.05, 4.69) is 14.9 Å². The van der Waals surface area contributed by atoms with E-state index >= 15 is 0 Å². The van der Waals surface area contributed by atoms with Gasteiger partial charge in [0.05, 0.1) is 18.5 Å². The monoisotopic (exact) mass is 387 g/mol. The van der Waals surface area contributed by atoms with Crippen LogP contribution >= 0.6 is 0 Å². The average Bonchev–Trinajstić information content (AvgIpc) is 3.53. The van der Waals surface area contributed by atoms with Crippen molar-refractivity contribution in [3.63, 3.8) is 0 Å². The Balaban J connectivity index is 1.41. The Morgan fingerprint density at radius 1 is 0.966 bits per heavy atom. The van der Waals surface area contributed by atoms with Crippen molar-refractivity contribution in [3.8, 4) is 5.75 Å². The summed E-state index contributed by atoms with van der Waals surface area (Å²) in [7, 11) is 1.63. The van der Waals surface area contributed by atoms with Crippen LogP contribution in [-0.4, -0.2) is 34.3 Å². The number of Topliss-reactive ketones (excluding diaryl/α,β-unsaturated/α-hetero) is 1. The highest BCUT2D eigenvalue weighted by molar-refractivity contribution is 5.99. The molecule has 29 heavy (non-hydrogen) atoms. The number of carbonyl (C=O) groups is 1. The summed E-state index contributed by atoms with van der Waals surface area (Å²) in [5.74, 6) is 1.47. The highest BCUT2D eigenvalue weighted by atomic mass is 16.5. The van der Waals surface area contributed by atoms with Crippen molar-refractivity contribution in [3.05, 3.63) is 90.0 Å². The minimum Gasteiger partial charge on any atom is -0.497 e. The molecule has 0 N–H and O–H groups in total. The molecule has 0 spiro atoms. The number of aromatic nitrogens is 2. The third-order valence-electron chi connectivity index (χ3n) is 5.35. The molecule has 0 radical (unpaired) electrons. The summed E-state index contributed by atoms with van der Waals surface area (Å²) in [6.45, 7) is 2.36. The molecule has 2 heterocycles. The van der Waals surface area contributed by atoms with Crippen molar-refractivity contribution in [2.75, 3.05) is 13.7 Å². The molecule has 3 aromatic rings. The lowest BCUT2D eigenvalue weighted by Gasteiger charge is -2.21. The summed E-state index contributed by atoms with van der Waals surface area (Å²) < 4.78 is 5.18. The highest BCUT2D eigenvalue weighted by Gasteiger charge is 2.43. The maximum absolute atomic E-state index is 12.8. The van der Waals surface area contributed by atoms with Gasteiger partial charge >= 0.3 is 0 Å².